The number of hydrogen-bond donors (Lipinski definition) is 1. The second kappa shape index (κ2) is 7.27. The molecule has 0 radical (unpaired) electrons. The lowest BCUT2D eigenvalue weighted by Crippen LogP contribution is -2.52. The molecular weight excluding hydrogens is 390 g/mol. The summed E-state index contributed by atoms with van der Waals surface area (Å²) in [4.78, 5) is 26.2. The van der Waals surface area contributed by atoms with Crippen molar-refractivity contribution >= 4 is 27.5 Å². The maximum Gasteiger partial charge on any atom is 0.244 e. The average Bonchev–Trinajstić information content (AvgIpc) is 3.12. The maximum absolute atomic E-state index is 13.5. The zero-order chi connectivity index (χ0) is 20.8. The van der Waals surface area contributed by atoms with Crippen LogP contribution >= 0.6 is 0 Å². The molecule has 1 unspecified atom stereocenters. The molecule has 2 aliphatic rings. The summed E-state index contributed by atoms with van der Waals surface area (Å²) in [6, 6.07) is 11.3. The van der Waals surface area contributed by atoms with E-state index in [-0.39, 0.29) is 29.8 Å². The highest BCUT2D eigenvalue weighted by atomic mass is 32.2. The number of nitrogens with zero attached hydrogens (tertiary/aromatic N) is 2. The molecule has 152 valence electrons. The zero-order valence-electron chi connectivity index (χ0n) is 16.4. The molecule has 2 amide bonds. The second-order valence-electron chi connectivity index (χ2n) is 7.38. The number of sulfonamides is 1. The van der Waals surface area contributed by atoms with Gasteiger partial charge in [0.05, 0.1) is 4.90 Å². The number of amides is 2. The van der Waals surface area contributed by atoms with Gasteiger partial charge in [-0.15, -0.1) is 0 Å². The fraction of sp³-hybridized carbons (Fsp3) is 0.333. The topological polar surface area (TPSA) is 86.8 Å². The monoisotopic (exact) mass is 413 g/mol. The Morgan fingerprint density at radius 2 is 1.90 bits per heavy atom. The number of aryl methyl sites for hydroxylation is 1. The van der Waals surface area contributed by atoms with Crippen LogP contribution in [0.1, 0.15) is 29.7 Å². The molecule has 2 aromatic rings. The Kier molecular flexibility index (Phi) is 4.92. The van der Waals surface area contributed by atoms with Gasteiger partial charge < -0.3 is 10.2 Å². The molecule has 29 heavy (non-hydrogen) atoms. The van der Waals surface area contributed by atoms with Gasteiger partial charge in [-0.2, -0.15) is 4.31 Å². The number of carbonyl (C=O) groups excluding carboxylic acids is 2. The van der Waals surface area contributed by atoms with Crippen LogP contribution in [0.2, 0.25) is 0 Å². The van der Waals surface area contributed by atoms with Gasteiger partial charge in [0.1, 0.15) is 6.04 Å². The molecular formula is C21H23N3O4S. The Bertz CT molecular complexity index is 1100. The predicted octanol–water partition coefficient (Wildman–Crippen LogP) is 1.77. The van der Waals surface area contributed by atoms with Crippen molar-refractivity contribution < 1.29 is 18.0 Å². The normalized spacial score (nSPS) is 19.7. The first kappa shape index (κ1) is 19.6. The van der Waals surface area contributed by atoms with E-state index in [2.05, 4.69) is 5.32 Å². The number of piperazine rings is 1. The zero-order valence-corrected chi connectivity index (χ0v) is 17.2. The van der Waals surface area contributed by atoms with Crippen LogP contribution in [0.25, 0.3) is 0 Å². The third-order valence-electron chi connectivity index (χ3n) is 5.58. The lowest BCUT2D eigenvalue weighted by Gasteiger charge is -2.35. The highest BCUT2D eigenvalue weighted by molar-refractivity contribution is 7.89. The quantitative estimate of drug-likeness (QED) is 0.831. The van der Waals surface area contributed by atoms with Crippen molar-refractivity contribution in [2.24, 2.45) is 0 Å². The summed E-state index contributed by atoms with van der Waals surface area (Å²) in [5.74, 6) is -0.385. The Hall–Kier alpha value is -2.71. The van der Waals surface area contributed by atoms with E-state index in [4.69, 9.17) is 0 Å². The molecule has 1 atom stereocenters. The minimum absolute atomic E-state index is 0.0633. The summed E-state index contributed by atoms with van der Waals surface area (Å²) in [7, 11) is -3.90. The molecule has 7 nitrogen and oxygen atoms in total. The molecule has 0 aliphatic carbocycles. The number of nitrogens with one attached hydrogen (secondary N) is 1. The second-order valence-corrected chi connectivity index (χ2v) is 9.27. The molecule has 2 aromatic carbocycles. The van der Waals surface area contributed by atoms with Crippen LogP contribution in [0, 0.1) is 6.92 Å². The van der Waals surface area contributed by atoms with Crippen molar-refractivity contribution in [3.05, 3.63) is 59.2 Å². The van der Waals surface area contributed by atoms with Crippen LogP contribution in [-0.4, -0.2) is 44.2 Å². The Balaban J connectivity index is 1.75. The molecule has 1 fully saturated rings. The Morgan fingerprint density at radius 1 is 1.14 bits per heavy atom. The number of anilines is 1. The number of hydrogen-bond acceptors (Lipinski definition) is 4. The van der Waals surface area contributed by atoms with E-state index in [1.54, 1.807) is 29.2 Å². The van der Waals surface area contributed by atoms with E-state index in [0.717, 1.165) is 16.8 Å². The Labute approximate surface area is 170 Å². The standard InChI is InChI=1S/C21H23N3O4S/c1-14-5-3-4-6-18(14)20-21(26)22-10-12-24(20)29(27,28)17-7-8-19-16(13-17)9-11-23(19)15(2)25/h3-8,13,20H,9-12H2,1-2H3,(H,22,26). The average molecular weight is 413 g/mol. The molecule has 2 aliphatic heterocycles. The fourth-order valence-corrected chi connectivity index (χ4v) is 5.72. The molecule has 0 aromatic heterocycles. The maximum atomic E-state index is 13.5. The first-order valence-corrected chi connectivity index (χ1v) is 11.0. The summed E-state index contributed by atoms with van der Waals surface area (Å²) < 4.78 is 28.3. The number of fused-ring (bicyclic) bond motifs is 1. The highest BCUT2D eigenvalue weighted by Gasteiger charge is 2.40. The smallest absolute Gasteiger partial charge is 0.244 e. The van der Waals surface area contributed by atoms with E-state index < -0.39 is 16.1 Å². The molecule has 1 saturated heterocycles. The van der Waals surface area contributed by atoms with E-state index in [9.17, 15) is 18.0 Å². The first-order valence-electron chi connectivity index (χ1n) is 9.57. The minimum Gasteiger partial charge on any atom is -0.353 e. The van der Waals surface area contributed by atoms with Crippen molar-refractivity contribution in [3.63, 3.8) is 0 Å². The van der Waals surface area contributed by atoms with E-state index in [0.29, 0.717) is 18.5 Å². The van der Waals surface area contributed by atoms with Crippen LogP contribution in [-0.2, 0) is 26.0 Å². The van der Waals surface area contributed by atoms with Gasteiger partial charge in [0.25, 0.3) is 0 Å². The largest absolute Gasteiger partial charge is 0.353 e. The van der Waals surface area contributed by atoms with Gasteiger partial charge in [-0.3, -0.25) is 9.59 Å². The third kappa shape index (κ3) is 3.32. The SMILES string of the molecule is CC(=O)N1CCc2cc(S(=O)(=O)N3CCNC(=O)C3c3ccccc3C)ccc21. The van der Waals surface area contributed by atoms with Crippen LogP contribution < -0.4 is 10.2 Å². The highest BCUT2D eigenvalue weighted by Crippen LogP contribution is 2.35. The van der Waals surface area contributed by atoms with Crippen molar-refractivity contribution in [2.45, 2.75) is 31.2 Å². The molecule has 4 rings (SSSR count). The molecule has 1 N–H and O–H groups in total. The first-order chi connectivity index (χ1) is 13.8. The number of benzene rings is 2. The lowest BCUT2D eigenvalue weighted by atomic mass is 9.99. The van der Waals surface area contributed by atoms with Gasteiger partial charge in [-0.25, -0.2) is 8.42 Å². The summed E-state index contributed by atoms with van der Waals surface area (Å²) in [5.41, 5.74) is 3.12. The summed E-state index contributed by atoms with van der Waals surface area (Å²) in [6.07, 6.45) is 0.611. The molecule has 0 bridgehead atoms. The van der Waals surface area contributed by atoms with Gasteiger partial charge in [-0.05, 0) is 48.2 Å². The van der Waals surface area contributed by atoms with E-state index >= 15 is 0 Å². The van der Waals surface area contributed by atoms with Crippen LogP contribution in [0.5, 0.6) is 0 Å². The Morgan fingerprint density at radius 3 is 2.62 bits per heavy atom. The lowest BCUT2D eigenvalue weighted by molar-refractivity contribution is -0.127. The summed E-state index contributed by atoms with van der Waals surface area (Å²) in [6.45, 7) is 4.38. The van der Waals surface area contributed by atoms with Gasteiger partial charge in [0, 0.05) is 32.2 Å². The van der Waals surface area contributed by atoms with Gasteiger partial charge in [0.15, 0.2) is 0 Å². The fourth-order valence-electron chi connectivity index (χ4n) is 4.10. The van der Waals surface area contributed by atoms with Crippen molar-refractivity contribution in [3.8, 4) is 0 Å². The van der Waals surface area contributed by atoms with E-state index in [1.807, 2.05) is 19.1 Å². The van der Waals surface area contributed by atoms with Crippen LogP contribution in [0.4, 0.5) is 5.69 Å². The minimum atomic E-state index is -3.90. The van der Waals surface area contributed by atoms with Gasteiger partial charge in [0.2, 0.25) is 21.8 Å². The van der Waals surface area contributed by atoms with Crippen LogP contribution in [0.15, 0.2) is 47.4 Å². The van der Waals surface area contributed by atoms with Gasteiger partial charge in [-0.1, -0.05) is 24.3 Å². The molecule has 2 heterocycles. The summed E-state index contributed by atoms with van der Waals surface area (Å²) in [5, 5.41) is 2.78. The van der Waals surface area contributed by atoms with Crippen molar-refractivity contribution in [1.29, 1.82) is 0 Å². The van der Waals surface area contributed by atoms with E-state index in [1.165, 1.54) is 17.3 Å². The summed E-state index contributed by atoms with van der Waals surface area (Å²) >= 11 is 0. The number of carbonyl (C=O) groups is 2. The number of rotatable bonds is 3. The third-order valence-corrected chi connectivity index (χ3v) is 7.44. The van der Waals surface area contributed by atoms with Crippen molar-refractivity contribution in [2.75, 3.05) is 24.5 Å². The molecule has 8 heteroatoms. The van der Waals surface area contributed by atoms with Crippen LogP contribution in [0.3, 0.4) is 0 Å². The van der Waals surface area contributed by atoms with Gasteiger partial charge >= 0.3 is 0 Å². The predicted molar refractivity (Wildman–Crippen MR) is 109 cm³/mol. The molecule has 0 spiro atoms. The molecule has 0 saturated carbocycles. The van der Waals surface area contributed by atoms with Crippen molar-refractivity contribution in [1.82, 2.24) is 9.62 Å².